The zero-order valence-electron chi connectivity index (χ0n) is 18.5. The highest BCUT2D eigenvalue weighted by molar-refractivity contribution is 7.98. The van der Waals surface area contributed by atoms with Crippen molar-refractivity contribution in [1.82, 2.24) is 15.2 Å². The van der Waals surface area contributed by atoms with E-state index in [1.165, 1.54) is 17.3 Å². The van der Waals surface area contributed by atoms with Crippen LogP contribution in [0.25, 0.3) is 11.3 Å². The van der Waals surface area contributed by atoms with Crippen molar-refractivity contribution in [2.45, 2.75) is 17.1 Å². The normalized spacial score (nSPS) is 14.1. The number of para-hydroxylation sites is 1. The quantitative estimate of drug-likeness (QED) is 0.328. The number of aromatic nitrogens is 3. The lowest BCUT2D eigenvalue weighted by molar-refractivity contribution is 0.224. The van der Waals surface area contributed by atoms with Gasteiger partial charge in [0.1, 0.15) is 0 Å². The largest absolute Gasteiger partial charge is 0.493 e. The summed E-state index contributed by atoms with van der Waals surface area (Å²) in [6, 6.07) is 21.6. The molecule has 9 heteroatoms. The lowest BCUT2D eigenvalue weighted by atomic mass is 10.1. The van der Waals surface area contributed by atoms with E-state index in [-0.39, 0.29) is 0 Å². The van der Waals surface area contributed by atoms with Crippen molar-refractivity contribution in [1.29, 1.82) is 0 Å². The van der Waals surface area contributed by atoms with Gasteiger partial charge in [-0.25, -0.2) is 0 Å². The number of hydrogen-bond donors (Lipinski definition) is 1. The average molecular weight is 493 g/mol. The third-order valence-electron chi connectivity index (χ3n) is 5.30. The molecule has 34 heavy (non-hydrogen) atoms. The Kier molecular flexibility index (Phi) is 6.42. The SMILES string of the molecule is COc1cc(C2Nc3ccccc3-c3nnc(SCc4ccccc4)nc3O2)cc(Cl)c1OC. The van der Waals surface area contributed by atoms with Crippen LogP contribution in [0.3, 0.4) is 0 Å². The molecule has 0 amide bonds. The second-order valence-corrected chi connectivity index (χ2v) is 8.80. The molecule has 3 aromatic carbocycles. The molecule has 0 spiro atoms. The van der Waals surface area contributed by atoms with Crippen molar-refractivity contribution >= 4 is 29.1 Å². The summed E-state index contributed by atoms with van der Waals surface area (Å²) in [7, 11) is 3.12. The van der Waals surface area contributed by atoms with Crippen LogP contribution in [0.15, 0.2) is 71.9 Å². The number of halogens is 1. The van der Waals surface area contributed by atoms with Crippen molar-refractivity contribution in [3.05, 3.63) is 82.9 Å². The van der Waals surface area contributed by atoms with Gasteiger partial charge in [-0.1, -0.05) is 71.9 Å². The molecule has 2 heterocycles. The summed E-state index contributed by atoms with van der Waals surface area (Å²) < 4.78 is 17.2. The average Bonchev–Trinajstić information content (AvgIpc) is 3.04. The van der Waals surface area contributed by atoms with Crippen LogP contribution in [0.1, 0.15) is 17.4 Å². The summed E-state index contributed by atoms with van der Waals surface area (Å²) in [5.41, 5.74) is 4.20. The molecule has 4 aromatic rings. The molecule has 0 aliphatic carbocycles. The molecule has 1 aliphatic rings. The number of methoxy groups -OCH3 is 2. The van der Waals surface area contributed by atoms with Gasteiger partial charge in [0.05, 0.1) is 19.2 Å². The predicted molar refractivity (Wildman–Crippen MR) is 133 cm³/mol. The molecule has 7 nitrogen and oxygen atoms in total. The number of ether oxygens (including phenoxy) is 3. The van der Waals surface area contributed by atoms with Crippen molar-refractivity contribution in [3.63, 3.8) is 0 Å². The van der Waals surface area contributed by atoms with Gasteiger partial charge in [0, 0.05) is 22.6 Å². The molecule has 0 bridgehead atoms. The molecule has 1 unspecified atom stereocenters. The summed E-state index contributed by atoms with van der Waals surface area (Å²) >= 11 is 7.97. The molecular weight excluding hydrogens is 472 g/mol. The molecule has 1 aliphatic heterocycles. The van der Waals surface area contributed by atoms with Crippen LogP contribution in [0, 0.1) is 0 Å². The fourth-order valence-electron chi connectivity index (χ4n) is 3.67. The Morgan fingerprint density at radius 1 is 1.00 bits per heavy atom. The lowest BCUT2D eigenvalue weighted by Gasteiger charge is -2.21. The maximum atomic E-state index is 6.47. The third kappa shape index (κ3) is 4.47. The Labute approximate surface area is 206 Å². The number of anilines is 1. The van der Waals surface area contributed by atoms with E-state index in [1.807, 2.05) is 48.5 Å². The molecule has 1 N–H and O–H groups in total. The molecule has 0 fully saturated rings. The highest BCUT2D eigenvalue weighted by atomic mass is 35.5. The zero-order chi connectivity index (χ0) is 23.5. The van der Waals surface area contributed by atoms with E-state index < -0.39 is 6.23 Å². The second kappa shape index (κ2) is 9.79. The first-order valence-corrected chi connectivity index (χ1v) is 11.9. The molecular formula is C25H21ClN4O3S. The van der Waals surface area contributed by atoms with Crippen molar-refractivity contribution in [3.8, 4) is 28.6 Å². The minimum atomic E-state index is -0.594. The highest BCUT2D eigenvalue weighted by Gasteiger charge is 2.27. The number of rotatable bonds is 6. The van der Waals surface area contributed by atoms with E-state index in [0.29, 0.717) is 33.3 Å². The van der Waals surface area contributed by atoms with Gasteiger partial charge in [-0.3, -0.25) is 0 Å². The van der Waals surface area contributed by atoms with E-state index in [9.17, 15) is 0 Å². The first kappa shape index (κ1) is 22.3. The van der Waals surface area contributed by atoms with Gasteiger partial charge in [-0.2, -0.15) is 4.98 Å². The van der Waals surface area contributed by atoms with Gasteiger partial charge >= 0.3 is 0 Å². The minimum absolute atomic E-state index is 0.388. The van der Waals surface area contributed by atoms with Gasteiger partial charge in [0.25, 0.3) is 0 Å². The van der Waals surface area contributed by atoms with E-state index in [2.05, 4.69) is 27.6 Å². The predicted octanol–water partition coefficient (Wildman–Crippen LogP) is 6.00. The molecule has 172 valence electrons. The fraction of sp³-hybridized carbons (Fsp3) is 0.160. The summed E-state index contributed by atoms with van der Waals surface area (Å²) in [5.74, 6) is 2.09. The second-order valence-electron chi connectivity index (χ2n) is 7.45. The van der Waals surface area contributed by atoms with Gasteiger partial charge < -0.3 is 19.5 Å². The summed E-state index contributed by atoms with van der Waals surface area (Å²) in [4.78, 5) is 4.70. The Balaban J connectivity index is 1.52. The molecule has 0 radical (unpaired) electrons. The Morgan fingerprint density at radius 2 is 1.79 bits per heavy atom. The van der Waals surface area contributed by atoms with Gasteiger partial charge in [-0.05, 0) is 23.8 Å². The molecule has 5 rings (SSSR count). The van der Waals surface area contributed by atoms with Crippen LogP contribution in [0.5, 0.6) is 17.4 Å². The topological polar surface area (TPSA) is 78.4 Å². The fourth-order valence-corrected chi connectivity index (χ4v) is 4.70. The minimum Gasteiger partial charge on any atom is -0.493 e. The smallest absolute Gasteiger partial charge is 0.247 e. The number of fused-ring (bicyclic) bond motifs is 3. The first-order chi connectivity index (χ1) is 16.7. The first-order valence-electron chi connectivity index (χ1n) is 10.5. The number of nitrogens with one attached hydrogen (secondary N) is 1. The number of thioether (sulfide) groups is 1. The third-order valence-corrected chi connectivity index (χ3v) is 6.49. The van der Waals surface area contributed by atoms with Crippen molar-refractivity contribution in [2.24, 2.45) is 0 Å². The molecule has 0 saturated carbocycles. The standard InChI is InChI=1S/C25H21ClN4O3S/c1-31-20-13-16(12-18(26)22(20)32-2)23-27-19-11-7-6-10-17(19)21-24(33-23)28-25(30-29-21)34-14-15-8-4-3-5-9-15/h3-13,23,27H,14H2,1-2H3. The maximum Gasteiger partial charge on any atom is 0.247 e. The Morgan fingerprint density at radius 3 is 2.59 bits per heavy atom. The number of benzene rings is 3. The molecule has 1 atom stereocenters. The van der Waals surface area contributed by atoms with Crippen molar-refractivity contribution in [2.75, 3.05) is 19.5 Å². The van der Waals surface area contributed by atoms with Crippen molar-refractivity contribution < 1.29 is 14.2 Å². The molecule has 1 aromatic heterocycles. The maximum absolute atomic E-state index is 6.47. The van der Waals surface area contributed by atoms with E-state index in [4.69, 9.17) is 30.8 Å². The van der Waals surface area contributed by atoms with Crippen LogP contribution in [-0.4, -0.2) is 29.4 Å². The number of nitrogens with zero attached hydrogens (tertiary/aromatic N) is 3. The number of hydrogen-bond acceptors (Lipinski definition) is 8. The van der Waals surface area contributed by atoms with Crippen LogP contribution in [0.4, 0.5) is 5.69 Å². The van der Waals surface area contributed by atoms with Gasteiger partial charge in [-0.15, -0.1) is 10.2 Å². The Hall–Kier alpha value is -3.49. The zero-order valence-corrected chi connectivity index (χ0v) is 20.1. The van der Waals surface area contributed by atoms with Gasteiger partial charge in [0.2, 0.25) is 11.0 Å². The van der Waals surface area contributed by atoms with Crippen LogP contribution in [0.2, 0.25) is 5.02 Å². The monoisotopic (exact) mass is 492 g/mol. The van der Waals surface area contributed by atoms with Crippen LogP contribution < -0.4 is 19.5 Å². The molecule has 0 saturated heterocycles. The van der Waals surface area contributed by atoms with E-state index >= 15 is 0 Å². The lowest BCUT2D eigenvalue weighted by Crippen LogP contribution is -2.17. The van der Waals surface area contributed by atoms with E-state index in [0.717, 1.165) is 22.6 Å². The summed E-state index contributed by atoms with van der Waals surface area (Å²) in [6.07, 6.45) is -0.594. The summed E-state index contributed by atoms with van der Waals surface area (Å²) in [6.45, 7) is 0. The Bertz CT molecular complexity index is 1320. The highest BCUT2D eigenvalue weighted by Crippen LogP contribution is 2.43. The van der Waals surface area contributed by atoms with Crippen LogP contribution >= 0.6 is 23.4 Å². The van der Waals surface area contributed by atoms with Crippen LogP contribution in [-0.2, 0) is 5.75 Å². The van der Waals surface area contributed by atoms with Gasteiger partial charge in [0.15, 0.2) is 23.4 Å². The van der Waals surface area contributed by atoms with E-state index in [1.54, 1.807) is 20.3 Å². The summed E-state index contributed by atoms with van der Waals surface area (Å²) in [5, 5.41) is 13.2.